The van der Waals surface area contributed by atoms with Crippen LogP contribution in [0.1, 0.15) is 11.1 Å². The van der Waals surface area contributed by atoms with Gasteiger partial charge in [-0.15, -0.1) is 0 Å². The van der Waals surface area contributed by atoms with Crippen LogP contribution in [0.15, 0.2) is 65.4 Å². The van der Waals surface area contributed by atoms with Gasteiger partial charge in [-0.05, 0) is 23.8 Å². The molecule has 0 bridgehead atoms. The molecule has 6 heteroatoms. The van der Waals surface area contributed by atoms with Crippen molar-refractivity contribution in [3.63, 3.8) is 0 Å². The zero-order chi connectivity index (χ0) is 16.4. The maximum atomic E-state index is 13.1. The number of alkyl halides is 3. The van der Waals surface area contributed by atoms with Gasteiger partial charge in [0.25, 0.3) is 0 Å². The van der Waals surface area contributed by atoms with Crippen LogP contribution in [-0.4, -0.2) is 9.55 Å². The van der Waals surface area contributed by atoms with Crippen molar-refractivity contribution >= 4 is 15.9 Å². The van der Waals surface area contributed by atoms with Crippen LogP contribution in [0.2, 0.25) is 0 Å². The van der Waals surface area contributed by atoms with Crippen molar-refractivity contribution < 1.29 is 13.2 Å². The summed E-state index contributed by atoms with van der Waals surface area (Å²) in [4.78, 5) is 4.27. The number of benzene rings is 2. The maximum Gasteiger partial charge on any atom is 0.416 e. The molecule has 2 nitrogen and oxygen atoms in total. The zero-order valence-electron chi connectivity index (χ0n) is 11.9. The minimum absolute atomic E-state index is 0.112. The maximum absolute atomic E-state index is 13.1. The summed E-state index contributed by atoms with van der Waals surface area (Å²) >= 11 is 3.36. The monoisotopic (exact) mass is 380 g/mol. The van der Waals surface area contributed by atoms with Gasteiger partial charge in [0, 0.05) is 29.0 Å². The summed E-state index contributed by atoms with van der Waals surface area (Å²) in [7, 11) is 0. The van der Waals surface area contributed by atoms with Crippen LogP contribution in [0.5, 0.6) is 0 Å². The van der Waals surface area contributed by atoms with Crippen LogP contribution in [0, 0.1) is 0 Å². The number of nitrogens with zero attached hydrogens (tertiary/aromatic N) is 2. The number of hydrogen-bond acceptors (Lipinski definition) is 1. The molecule has 0 aliphatic heterocycles. The number of halogens is 4. The van der Waals surface area contributed by atoms with Gasteiger partial charge < -0.3 is 4.57 Å². The van der Waals surface area contributed by atoms with Gasteiger partial charge in [0.05, 0.1) is 5.56 Å². The standard InChI is InChI=1S/C17H12BrF3N2/c18-14-7-5-12(6-8-14)16-22-9-10-23(16)11-13-3-1-2-4-15(13)17(19,20)21/h1-10H,11H2. The van der Waals surface area contributed by atoms with E-state index in [2.05, 4.69) is 20.9 Å². The SMILES string of the molecule is FC(F)(F)c1ccccc1Cn1ccnc1-c1ccc(Br)cc1. The first-order valence-electron chi connectivity index (χ1n) is 6.87. The van der Waals surface area contributed by atoms with Crippen molar-refractivity contribution in [2.45, 2.75) is 12.7 Å². The highest BCUT2D eigenvalue weighted by Gasteiger charge is 2.32. The Morgan fingerprint density at radius 1 is 1.00 bits per heavy atom. The Kier molecular flexibility index (Phi) is 4.26. The fourth-order valence-corrected chi connectivity index (χ4v) is 2.68. The lowest BCUT2D eigenvalue weighted by atomic mass is 10.1. The molecule has 0 unspecified atom stereocenters. The second-order valence-corrected chi connectivity index (χ2v) is 5.96. The second-order valence-electron chi connectivity index (χ2n) is 5.04. The van der Waals surface area contributed by atoms with E-state index in [1.54, 1.807) is 23.0 Å². The van der Waals surface area contributed by atoms with E-state index in [4.69, 9.17) is 0 Å². The van der Waals surface area contributed by atoms with Gasteiger partial charge in [0.2, 0.25) is 0 Å². The molecule has 0 N–H and O–H groups in total. The molecule has 0 saturated carbocycles. The average molecular weight is 381 g/mol. The van der Waals surface area contributed by atoms with E-state index < -0.39 is 11.7 Å². The fraction of sp³-hybridized carbons (Fsp3) is 0.118. The molecular formula is C17H12BrF3N2. The Hall–Kier alpha value is -2.08. The summed E-state index contributed by atoms with van der Waals surface area (Å²) in [5.74, 6) is 0.634. The third kappa shape index (κ3) is 3.47. The smallest absolute Gasteiger partial charge is 0.327 e. The molecule has 118 valence electrons. The summed E-state index contributed by atoms with van der Waals surface area (Å²) in [5.41, 5.74) is 0.453. The molecule has 0 radical (unpaired) electrons. The summed E-state index contributed by atoms with van der Waals surface area (Å²) in [6, 6.07) is 13.1. The van der Waals surface area contributed by atoms with Crippen molar-refractivity contribution in [3.05, 3.63) is 76.5 Å². The quantitative estimate of drug-likeness (QED) is 0.596. The first kappa shape index (κ1) is 15.8. The van der Waals surface area contributed by atoms with E-state index in [9.17, 15) is 13.2 Å². The predicted molar refractivity (Wildman–Crippen MR) is 85.9 cm³/mol. The third-order valence-electron chi connectivity index (χ3n) is 3.48. The predicted octanol–water partition coefficient (Wildman–Crippen LogP) is 5.38. The van der Waals surface area contributed by atoms with E-state index in [1.165, 1.54) is 12.1 Å². The van der Waals surface area contributed by atoms with Crippen molar-refractivity contribution in [3.8, 4) is 11.4 Å². The van der Waals surface area contributed by atoms with E-state index >= 15 is 0 Å². The molecule has 1 aromatic heterocycles. The van der Waals surface area contributed by atoms with Gasteiger partial charge in [0.15, 0.2) is 0 Å². The molecule has 2 aromatic carbocycles. The van der Waals surface area contributed by atoms with E-state index in [1.807, 2.05) is 24.3 Å². The summed E-state index contributed by atoms with van der Waals surface area (Å²) in [6.45, 7) is 0.112. The summed E-state index contributed by atoms with van der Waals surface area (Å²) in [5, 5.41) is 0. The Morgan fingerprint density at radius 2 is 1.70 bits per heavy atom. The molecule has 23 heavy (non-hydrogen) atoms. The van der Waals surface area contributed by atoms with Crippen molar-refractivity contribution in [1.82, 2.24) is 9.55 Å². The van der Waals surface area contributed by atoms with Crippen molar-refractivity contribution in [2.75, 3.05) is 0 Å². The number of imidazole rings is 1. The molecule has 0 aliphatic rings. The zero-order valence-corrected chi connectivity index (χ0v) is 13.5. The lowest BCUT2D eigenvalue weighted by Gasteiger charge is -2.14. The molecule has 0 atom stereocenters. The van der Waals surface area contributed by atoms with Crippen LogP contribution in [0.25, 0.3) is 11.4 Å². The topological polar surface area (TPSA) is 17.8 Å². The minimum atomic E-state index is -4.37. The Labute approximate surface area is 139 Å². The Bertz CT molecular complexity index is 807. The van der Waals surface area contributed by atoms with Crippen LogP contribution < -0.4 is 0 Å². The first-order valence-corrected chi connectivity index (χ1v) is 7.66. The second kappa shape index (κ2) is 6.20. The number of aromatic nitrogens is 2. The highest BCUT2D eigenvalue weighted by Crippen LogP contribution is 2.32. The van der Waals surface area contributed by atoms with Gasteiger partial charge in [0.1, 0.15) is 5.82 Å². The first-order chi connectivity index (χ1) is 10.9. The summed E-state index contributed by atoms with van der Waals surface area (Å²) in [6.07, 6.45) is -1.09. The van der Waals surface area contributed by atoms with Gasteiger partial charge in [-0.3, -0.25) is 0 Å². The molecule has 3 aromatic rings. The van der Waals surface area contributed by atoms with Gasteiger partial charge in [-0.2, -0.15) is 13.2 Å². The number of rotatable bonds is 3. The molecule has 0 saturated heterocycles. The lowest BCUT2D eigenvalue weighted by Crippen LogP contribution is -2.11. The van der Waals surface area contributed by atoms with Gasteiger partial charge in [-0.25, -0.2) is 4.98 Å². The average Bonchev–Trinajstić information content (AvgIpc) is 2.96. The molecule has 0 fully saturated rings. The van der Waals surface area contributed by atoms with Crippen LogP contribution in [-0.2, 0) is 12.7 Å². The van der Waals surface area contributed by atoms with Gasteiger partial charge >= 0.3 is 6.18 Å². The van der Waals surface area contributed by atoms with Crippen molar-refractivity contribution in [2.24, 2.45) is 0 Å². The van der Waals surface area contributed by atoms with Gasteiger partial charge in [-0.1, -0.05) is 46.3 Å². The molecule has 0 amide bonds. The highest BCUT2D eigenvalue weighted by molar-refractivity contribution is 9.10. The molecule has 1 heterocycles. The summed E-state index contributed by atoms with van der Waals surface area (Å²) < 4.78 is 42.0. The fourth-order valence-electron chi connectivity index (χ4n) is 2.41. The van der Waals surface area contributed by atoms with E-state index in [0.717, 1.165) is 16.1 Å². The third-order valence-corrected chi connectivity index (χ3v) is 4.01. The largest absolute Gasteiger partial charge is 0.416 e. The van der Waals surface area contributed by atoms with Crippen LogP contribution >= 0.6 is 15.9 Å². The van der Waals surface area contributed by atoms with Crippen molar-refractivity contribution in [1.29, 1.82) is 0 Å². The lowest BCUT2D eigenvalue weighted by molar-refractivity contribution is -0.138. The molecular weight excluding hydrogens is 369 g/mol. The Balaban J connectivity index is 1.97. The molecule has 3 rings (SSSR count). The minimum Gasteiger partial charge on any atom is -0.327 e. The highest BCUT2D eigenvalue weighted by atomic mass is 79.9. The molecule has 0 aliphatic carbocycles. The van der Waals surface area contributed by atoms with Crippen LogP contribution in [0.3, 0.4) is 0 Å². The Morgan fingerprint density at radius 3 is 2.39 bits per heavy atom. The number of hydrogen-bond donors (Lipinski definition) is 0. The molecule has 0 spiro atoms. The normalized spacial score (nSPS) is 11.7. The van der Waals surface area contributed by atoms with Crippen LogP contribution in [0.4, 0.5) is 13.2 Å². The van der Waals surface area contributed by atoms with E-state index in [0.29, 0.717) is 5.82 Å². The van der Waals surface area contributed by atoms with E-state index in [-0.39, 0.29) is 12.1 Å².